The molecule has 0 aromatic rings. The van der Waals surface area contributed by atoms with Crippen LogP contribution in [-0.2, 0) is 14.3 Å². The van der Waals surface area contributed by atoms with Crippen LogP contribution in [-0.4, -0.2) is 45.0 Å². The first-order chi connectivity index (χ1) is 8.81. The van der Waals surface area contributed by atoms with E-state index in [4.69, 9.17) is 9.47 Å². The molecule has 108 valence electrons. The van der Waals surface area contributed by atoms with Crippen molar-refractivity contribution in [1.82, 2.24) is 4.72 Å². The smallest absolute Gasteiger partial charge is 0.158 e. The standard InChI is InChI=1S/C13H27NO3S/c1-3-13(15)12-17-11-7-10-16-9-6-4-5-8-14-18-2/h14H,3-12H2,1-2H3. The molecule has 1 N–H and O–H groups in total. The number of carbonyl (C=O) groups excluding carboxylic acids is 1. The molecular formula is C13H27NO3S. The van der Waals surface area contributed by atoms with Crippen molar-refractivity contribution in [2.24, 2.45) is 0 Å². The minimum Gasteiger partial charge on any atom is -0.381 e. The molecule has 0 bridgehead atoms. The number of hydrogen-bond donors (Lipinski definition) is 1. The number of hydrogen-bond acceptors (Lipinski definition) is 5. The second kappa shape index (κ2) is 15.0. The summed E-state index contributed by atoms with van der Waals surface area (Å²) in [7, 11) is 0. The van der Waals surface area contributed by atoms with E-state index in [1.165, 1.54) is 12.8 Å². The maximum Gasteiger partial charge on any atom is 0.158 e. The molecule has 0 amide bonds. The number of unbranched alkanes of at least 4 members (excludes halogenated alkanes) is 2. The van der Waals surface area contributed by atoms with Crippen LogP contribution in [0.4, 0.5) is 0 Å². The molecule has 5 heteroatoms. The first-order valence-electron chi connectivity index (χ1n) is 6.74. The third kappa shape index (κ3) is 14.0. The van der Waals surface area contributed by atoms with Crippen molar-refractivity contribution in [3.05, 3.63) is 0 Å². The Bertz CT molecular complexity index is 191. The highest BCUT2D eigenvalue weighted by molar-refractivity contribution is 7.96. The van der Waals surface area contributed by atoms with Crippen molar-refractivity contribution in [3.8, 4) is 0 Å². The van der Waals surface area contributed by atoms with Gasteiger partial charge in [0.1, 0.15) is 6.61 Å². The van der Waals surface area contributed by atoms with Gasteiger partial charge in [-0.05, 0) is 31.9 Å². The van der Waals surface area contributed by atoms with E-state index in [0.29, 0.717) is 13.0 Å². The normalized spacial score (nSPS) is 10.8. The van der Waals surface area contributed by atoms with Gasteiger partial charge in [0.2, 0.25) is 0 Å². The van der Waals surface area contributed by atoms with Gasteiger partial charge >= 0.3 is 0 Å². The third-order valence-corrected chi connectivity index (χ3v) is 2.94. The molecule has 0 atom stereocenters. The summed E-state index contributed by atoms with van der Waals surface area (Å²) in [5.41, 5.74) is 0. The molecule has 0 unspecified atom stereocenters. The van der Waals surface area contributed by atoms with E-state index < -0.39 is 0 Å². The number of nitrogens with one attached hydrogen (secondary N) is 1. The van der Waals surface area contributed by atoms with Gasteiger partial charge in [0, 0.05) is 32.8 Å². The Labute approximate surface area is 115 Å². The zero-order valence-corrected chi connectivity index (χ0v) is 12.5. The summed E-state index contributed by atoms with van der Waals surface area (Å²) >= 11 is 1.67. The molecule has 0 aliphatic rings. The summed E-state index contributed by atoms with van der Waals surface area (Å²) in [5, 5.41) is 0. The molecule has 0 aliphatic carbocycles. The predicted molar refractivity (Wildman–Crippen MR) is 76.9 cm³/mol. The van der Waals surface area contributed by atoms with Crippen LogP contribution in [0.25, 0.3) is 0 Å². The van der Waals surface area contributed by atoms with Gasteiger partial charge in [-0.1, -0.05) is 18.9 Å². The number of ketones is 1. The SMILES string of the molecule is CCC(=O)COCCCOCCCCCNSC. The van der Waals surface area contributed by atoms with Crippen LogP contribution in [0.2, 0.25) is 0 Å². The zero-order valence-electron chi connectivity index (χ0n) is 11.7. The molecule has 0 rings (SSSR count). The van der Waals surface area contributed by atoms with Gasteiger partial charge < -0.3 is 9.47 Å². The quantitative estimate of drug-likeness (QED) is 0.390. The Morgan fingerprint density at radius 1 is 1.06 bits per heavy atom. The first-order valence-corrected chi connectivity index (χ1v) is 7.96. The Morgan fingerprint density at radius 3 is 2.50 bits per heavy atom. The molecule has 18 heavy (non-hydrogen) atoms. The second-order valence-corrected chi connectivity index (χ2v) is 4.77. The topological polar surface area (TPSA) is 47.6 Å². The first kappa shape index (κ1) is 17.9. The van der Waals surface area contributed by atoms with E-state index in [1.807, 2.05) is 13.2 Å². The Balaban J connectivity index is 2.97. The minimum absolute atomic E-state index is 0.162. The van der Waals surface area contributed by atoms with Crippen LogP contribution in [0.1, 0.15) is 39.0 Å². The van der Waals surface area contributed by atoms with Gasteiger partial charge in [-0.25, -0.2) is 0 Å². The monoisotopic (exact) mass is 277 g/mol. The fraction of sp³-hybridized carbons (Fsp3) is 0.923. The van der Waals surface area contributed by atoms with Crippen molar-refractivity contribution in [3.63, 3.8) is 0 Å². The summed E-state index contributed by atoms with van der Waals surface area (Å²) < 4.78 is 13.9. The van der Waals surface area contributed by atoms with Gasteiger partial charge in [-0.3, -0.25) is 9.52 Å². The van der Waals surface area contributed by atoms with Crippen LogP contribution in [0.3, 0.4) is 0 Å². The van der Waals surface area contributed by atoms with Crippen LogP contribution in [0.5, 0.6) is 0 Å². The molecule has 0 heterocycles. The maximum atomic E-state index is 10.9. The van der Waals surface area contributed by atoms with E-state index in [0.717, 1.165) is 32.6 Å². The lowest BCUT2D eigenvalue weighted by Gasteiger charge is -2.05. The van der Waals surface area contributed by atoms with Gasteiger partial charge in [0.05, 0.1) is 0 Å². The van der Waals surface area contributed by atoms with Crippen LogP contribution >= 0.6 is 11.9 Å². The van der Waals surface area contributed by atoms with Crippen molar-refractivity contribution in [1.29, 1.82) is 0 Å². The molecule has 4 nitrogen and oxygen atoms in total. The van der Waals surface area contributed by atoms with Crippen LogP contribution in [0, 0.1) is 0 Å². The number of carbonyl (C=O) groups is 1. The molecular weight excluding hydrogens is 250 g/mol. The number of Topliss-reactive ketones (excluding diaryl/α,β-unsaturated/α-hetero) is 1. The summed E-state index contributed by atoms with van der Waals surface area (Å²) in [4.78, 5) is 10.9. The molecule has 0 spiro atoms. The summed E-state index contributed by atoms with van der Waals surface area (Å²) in [6.07, 6.45) is 6.99. The number of rotatable bonds is 14. The van der Waals surface area contributed by atoms with Crippen LogP contribution in [0.15, 0.2) is 0 Å². The molecule has 0 aromatic heterocycles. The average Bonchev–Trinajstić information content (AvgIpc) is 2.39. The Kier molecular flexibility index (Phi) is 14.9. The lowest BCUT2D eigenvalue weighted by molar-refractivity contribution is -0.123. The number of ether oxygens (including phenoxy) is 2. The summed E-state index contributed by atoms with van der Waals surface area (Å²) in [6, 6.07) is 0. The van der Waals surface area contributed by atoms with Crippen molar-refractivity contribution >= 4 is 17.7 Å². The lowest BCUT2D eigenvalue weighted by atomic mass is 10.2. The van der Waals surface area contributed by atoms with Crippen molar-refractivity contribution in [2.75, 3.05) is 39.2 Å². The molecule has 0 radical (unpaired) electrons. The van der Waals surface area contributed by atoms with Crippen molar-refractivity contribution in [2.45, 2.75) is 39.0 Å². The molecule has 0 fully saturated rings. The highest BCUT2D eigenvalue weighted by Gasteiger charge is 1.97. The minimum atomic E-state index is 0.162. The second-order valence-electron chi connectivity index (χ2n) is 4.07. The summed E-state index contributed by atoms with van der Waals surface area (Å²) in [5.74, 6) is 0.162. The van der Waals surface area contributed by atoms with Gasteiger partial charge in [-0.15, -0.1) is 0 Å². The molecule has 0 saturated carbocycles. The third-order valence-electron chi connectivity index (χ3n) is 2.45. The van der Waals surface area contributed by atoms with Crippen LogP contribution < -0.4 is 4.72 Å². The highest BCUT2D eigenvalue weighted by atomic mass is 32.2. The van der Waals surface area contributed by atoms with E-state index in [2.05, 4.69) is 4.72 Å². The fourth-order valence-electron chi connectivity index (χ4n) is 1.33. The average molecular weight is 277 g/mol. The lowest BCUT2D eigenvalue weighted by Crippen LogP contribution is -2.09. The summed E-state index contributed by atoms with van der Waals surface area (Å²) in [6.45, 7) is 5.34. The van der Waals surface area contributed by atoms with Crippen molar-refractivity contribution < 1.29 is 14.3 Å². The Hall–Kier alpha value is -0.100. The predicted octanol–water partition coefficient (Wildman–Crippen LogP) is 2.43. The van der Waals surface area contributed by atoms with Gasteiger partial charge in [-0.2, -0.15) is 0 Å². The Morgan fingerprint density at radius 2 is 1.78 bits per heavy atom. The van der Waals surface area contributed by atoms with E-state index >= 15 is 0 Å². The molecule has 0 aliphatic heterocycles. The maximum absolute atomic E-state index is 10.9. The molecule has 0 aromatic carbocycles. The van der Waals surface area contributed by atoms with Gasteiger partial charge in [0.15, 0.2) is 5.78 Å². The van der Waals surface area contributed by atoms with E-state index in [1.54, 1.807) is 11.9 Å². The van der Waals surface area contributed by atoms with Gasteiger partial charge in [0.25, 0.3) is 0 Å². The van der Waals surface area contributed by atoms with E-state index in [9.17, 15) is 4.79 Å². The molecule has 0 saturated heterocycles. The largest absolute Gasteiger partial charge is 0.381 e. The zero-order chi connectivity index (χ0) is 13.5. The van der Waals surface area contributed by atoms with E-state index in [-0.39, 0.29) is 12.4 Å². The highest BCUT2D eigenvalue weighted by Crippen LogP contribution is 1.97. The fourth-order valence-corrected chi connectivity index (χ4v) is 1.68.